The predicted octanol–water partition coefficient (Wildman–Crippen LogP) is 1.28. The highest BCUT2D eigenvalue weighted by Gasteiger charge is 2.43. The van der Waals surface area contributed by atoms with Crippen LogP contribution in [0.2, 0.25) is 0 Å². The molecule has 0 saturated carbocycles. The highest BCUT2D eigenvalue weighted by Crippen LogP contribution is 2.35. The van der Waals surface area contributed by atoms with Crippen molar-refractivity contribution in [1.82, 2.24) is 9.88 Å². The first-order chi connectivity index (χ1) is 11.6. The average molecular weight is 330 g/mol. The van der Waals surface area contributed by atoms with Crippen LogP contribution in [0.15, 0.2) is 30.5 Å². The van der Waals surface area contributed by atoms with Crippen molar-refractivity contribution in [2.45, 2.75) is 37.1 Å². The predicted molar refractivity (Wildman–Crippen MR) is 88.7 cm³/mol. The Balaban J connectivity index is 1.44. The number of H-pyrrole nitrogens is 1. The van der Waals surface area contributed by atoms with Crippen molar-refractivity contribution < 1.29 is 19.7 Å². The Bertz CT molecular complexity index is 748. The van der Waals surface area contributed by atoms with Gasteiger partial charge in [0, 0.05) is 42.2 Å². The molecule has 2 atom stereocenters. The molecule has 1 aromatic carbocycles. The number of aliphatic hydroxyl groups is 2. The van der Waals surface area contributed by atoms with Crippen LogP contribution in [0, 0.1) is 0 Å². The van der Waals surface area contributed by atoms with E-state index >= 15 is 0 Å². The van der Waals surface area contributed by atoms with E-state index in [1.807, 2.05) is 35.4 Å². The number of amides is 1. The maximum atomic E-state index is 12.7. The monoisotopic (exact) mass is 330 g/mol. The second-order valence-corrected chi connectivity index (χ2v) is 6.90. The number of likely N-dealkylation sites (tertiary alicyclic amines) is 1. The molecule has 2 fully saturated rings. The number of fused-ring (bicyclic) bond motifs is 1. The molecule has 24 heavy (non-hydrogen) atoms. The third kappa shape index (κ3) is 2.70. The van der Waals surface area contributed by atoms with Crippen molar-refractivity contribution in [2.75, 3.05) is 19.7 Å². The summed E-state index contributed by atoms with van der Waals surface area (Å²) in [5.74, 6) is 0.0318. The van der Waals surface area contributed by atoms with E-state index in [4.69, 9.17) is 4.74 Å². The van der Waals surface area contributed by atoms with Gasteiger partial charge in [-0.25, -0.2) is 0 Å². The van der Waals surface area contributed by atoms with Crippen LogP contribution >= 0.6 is 0 Å². The van der Waals surface area contributed by atoms with Gasteiger partial charge < -0.3 is 24.8 Å². The summed E-state index contributed by atoms with van der Waals surface area (Å²) in [7, 11) is 0. The number of ether oxygens (including phenoxy) is 1. The second kappa shape index (κ2) is 5.88. The van der Waals surface area contributed by atoms with E-state index in [0.717, 1.165) is 10.9 Å². The first kappa shape index (κ1) is 15.6. The zero-order valence-electron chi connectivity index (χ0n) is 13.4. The van der Waals surface area contributed by atoms with Crippen molar-refractivity contribution in [3.05, 3.63) is 36.0 Å². The third-order valence-corrected chi connectivity index (χ3v) is 5.35. The van der Waals surface area contributed by atoms with Gasteiger partial charge in [-0.2, -0.15) is 0 Å². The molecule has 0 radical (unpaired) electrons. The number of nitrogens with zero attached hydrogens (tertiary/aromatic N) is 1. The van der Waals surface area contributed by atoms with Crippen molar-refractivity contribution >= 4 is 16.8 Å². The number of carbonyl (C=O) groups is 1. The summed E-state index contributed by atoms with van der Waals surface area (Å²) in [6, 6.07) is 7.65. The highest BCUT2D eigenvalue weighted by atomic mass is 16.5. The molecule has 3 heterocycles. The van der Waals surface area contributed by atoms with Crippen LogP contribution in [-0.2, 0) is 4.74 Å². The van der Waals surface area contributed by atoms with Crippen LogP contribution in [0.3, 0.4) is 0 Å². The van der Waals surface area contributed by atoms with E-state index in [9.17, 15) is 15.0 Å². The number of rotatable bonds is 1. The lowest BCUT2D eigenvalue weighted by Gasteiger charge is -2.46. The molecule has 128 valence electrons. The van der Waals surface area contributed by atoms with E-state index in [0.29, 0.717) is 37.9 Å². The molecular weight excluding hydrogens is 308 g/mol. The fourth-order valence-electron chi connectivity index (χ4n) is 3.78. The van der Waals surface area contributed by atoms with Gasteiger partial charge in [0.25, 0.3) is 5.91 Å². The van der Waals surface area contributed by atoms with Crippen molar-refractivity contribution in [3.63, 3.8) is 0 Å². The van der Waals surface area contributed by atoms with Crippen molar-refractivity contribution in [3.8, 4) is 0 Å². The molecule has 0 aliphatic carbocycles. The lowest BCUT2D eigenvalue weighted by molar-refractivity contribution is -0.185. The molecule has 2 aromatic rings. The van der Waals surface area contributed by atoms with Gasteiger partial charge in [0.15, 0.2) is 0 Å². The van der Waals surface area contributed by atoms with Gasteiger partial charge in [-0.1, -0.05) is 0 Å². The van der Waals surface area contributed by atoms with Gasteiger partial charge >= 0.3 is 0 Å². The van der Waals surface area contributed by atoms with Crippen LogP contribution in [0.4, 0.5) is 0 Å². The summed E-state index contributed by atoms with van der Waals surface area (Å²) in [6.07, 6.45) is 2.14. The molecule has 2 aliphatic heterocycles. The van der Waals surface area contributed by atoms with Gasteiger partial charge in [-0.15, -0.1) is 0 Å². The highest BCUT2D eigenvalue weighted by molar-refractivity contribution is 5.98. The Kier molecular flexibility index (Phi) is 3.83. The molecule has 2 saturated heterocycles. The van der Waals surface area contributed by atoms with Crippen molar-refractivity contribution in [1.29, 1.82) is 0 Å². The Morgan fingerprint density at radius 3 is 2.75 bits per heavy atom. The zero-order chi connectivity index (χ0) is 16.7. The smallest absolute Gasteiger partial charge is 0.253 e. The molecule has 1 amide bonds. The SMILES string of the molecule is O=C(c1ccc2[nH]ccc2c1)N1CCC2(CC1)C[C@@H](O)[C@@H](O)CO2. The number of piperidine rings is 1. The molecule has 6 nitrogen and oxygen atoms in total. The third-order valence-electron chi connectivity index (χ3n) is 5.35. The quantitative estimate of drug-likeness (QED) is 0.735. The summed E-state index contributed by atoms with van der Waals surface area (Å²) in [5.41, 5.74) is 1.31. The van der Waals surface area contributed by atoms with Crippen LogP contribution in [-0.4, -0.2) is 63.5 Å². The topological polar surface area (TPSA) is 85.8 Å². The van der Waals surface area contributed by atoms with E-state index in [1.165, 1.54) is 0 Å². The fourth-order valence-corrected chi connectivity index (χ4v) is 3.78. The Labute approximate surface area is 140 Å². The first-order valence-corrected chi connectivity index (χ1v) is 8.43. The summed E-state index contributed by atoms with van der Waals surface area (Å²) < 4.78 is 5.82. The molecule has 6 heteroatoms. The van der Waals surface area contributed by atoms with Gasteiger partial charge in [-0.3, -0.25) is 4.79 Å². The standard InChI is InChI=1S/C18H22N2O4/c21-15-10-18(24-11-16(15)22)4-7-20(8-5-18)17(23)13-1-2-14-12(9-13)3-6-19-14/h1-3,6,9,15-16,19,21-22H,4-5,7-8,10-11H2/t15-,16+/m1/s1. The van der Waals surface area contributed by atoms with Gasteiger partial charge in [0.1, 0.15) is 6.10 Å². The number of nitrogens with one attached hydrogen (secondary N) is 1. The minimum atomic E-state index is -0.802. The fraction of sp³-hybridized carbons (Fsp3) is 0.500. The summed E-state index contributed by atoms with van der Waals surface area (Å²) in [6.45, 7) is 1.37. The maximum Gasteiger partial charge on any atom is 0.253 e. The number of aromatic nitrogens is 1. The minimum Gasteiger partial charge on any atom is -0.390 e. The number of benzene rings is 1. The molecule has 1 aromatic heterocycles. The molecule has 4 rings (SSSR count). The molecule has 0 unspecified atom stereocenters. The zero-order valence-corrected chi connectivity index (χ0v) is 13.4. The summed E-state index contributed by atoms with van der Waals surface area (Å²) in [4.78, 5) is 17.7. The number of carbonyl (C=O) groups excluding carboxylic acids is 1. The van der Waals surface area contributed by atoms with Gasteiger partial charge in [0.05, 0.1) is 18.3 Å². The molecule has 2 aliphatic rings. The van der Waals surface area contributed by atoms with E-state index in [1.54, 1.807) is 0 Å². The largest absolute Gasteiger partial charge is 0.390 e. The first-order valence-electron chi connectivity index (χ1n) is 8.43. The van der Waals surface area contributed by atoms with Crippen LogP contribution < -0.4 is 0 Å². The van der Waals surface area contributed by atoms with Crippen LogP contribution in [0.5, 0.6) is 0 Å². The van der Waals surface area contributed by atoms with Gasteiger partial charge in [-0.05, 0) is 37.1 Å². The summed E-state index contributed by atoms with van der Waals surface area (Å²) >= 11 is 0. The maximum absolute atomic E-state index is 12.7. The van der Waals surface area contributed by atoms with E-state index < -0.39 is 17.8 Å². The van der Waals surface area contributed by atoms with E-state index in [-0.39, 0.29) is 12.5 Å². The minimum absolute atomic E-state index is 0.0318. The normalized spacial score (nSPS) is 26.8. The molecular formula is C18H22N2O4. The van der Waals surface area contributed by atoms with Crippen LogP contribution in [0.1, 0.15) is 29.6 Å². The van der Waals surface area contributed by atoms with Crippen molar-refractivity contribution in [2.24, 2.45) is 0 Å². The lowest BCUT2D eigenvalue weighted by atomic mass is 9.82. The second-order valence-electron chi connectivity index (χ2n) is 6.90. The Morgan fingerprint density at radius 2 is 2.00 bits per heavy atom. The average Bonchev–Trinajstić information content (AvgIpc) is 3.06. The number of hydrogen-bond acceptors (Lipinski definition) is 4. The van der Waals surface area contributed by atoms with Gasteiger partial charge in [0.2, 0.25) is 0 Å². The van der Waals surface area contributed by atoms with Crippen LogP contribution in [0.25, 0.3) is 10.9 Å². The number of hydrogen-bond donors (Lipinski definition) is 3. The number of aromatic amines is 1. The lowest BCUT2D eigenvalue weighted by Crippen LogP contribution is -2.55. The Morgan fingerprint density at radius 1 is 1.21 bits per heavy atom. The number of aliphatic hydroxyl groups excluding tert-OH is 2. The molecule has 3 N–H and O–H groups in total. The Hall–Kier alpha value is -1.89. The summed E-state index contributed by atoms with van der Waals surface area (Å²) in [5, 5.41) is 20.6. The molecule has 0 bridgehead atoms. The molecule has 1 spiro atoms. The van der Waals surface area contributed by atoms with E-state index in [2.05, 4.69) is 4.98 Å².